The highest BCUT2D eigenvalue weighted by Crippen LogP contribution is 2.27. The highest BCUT2D eigenvalue weighted by atomic mass is 16.6. The molecule has 13 heavy (non-hydrogen) atoms. The van der Waals surface area contributed by atoms with Gasteiger partial charge >= 0.3 is 0 Å². The van der Waals surface area contributed by atoms with Gasteiger partial charge in [0.15, 0.2) is 0 Å². The third kappa shape index (κ3) is 0.917. The van der Waals surface area contributed by atoms with Crippen molar-refractivity contribution in [2.24, 2.45) is 0 Å². The zero-order valence-corrected chi connectivity index (χ0v) is 6.73. The second-order valence-corrected chi connectivity index (χ2v) is 2.86. The molecule has 4 nitrogen and oxygen atoms in total. The monoisotopic (exact) mass is 174 g/mol. The van der Waals surface area contributed by atoms with Gasteiger partial charge in [0.05, 0.1) is 0 Å². The number of aromatic nitrogens is 2. The fourth-order valence-electron chi connectivity index (χ4n) is 1.40. The minimum absolute atomic E-state index is 0.615. The van der Waals surface area contributed by atoms with Gasteiger partial charge in [-0.25, -0.2) is 4.63 Å². The van der Waals surface area contributed by atoms with Crippen LogP contribution in [0.3, 0.4) is 0 Å². The molecule has 0 saturated carbocycles. The molecule has 0 N–H and O–H groups in total. The first-order valence-corrected chi connectivity index (χ1v) is 3.99. The Morgan fingerprint density at radius 3 is 2.92 bits per heavy atom. The largest absolute Gasteiger partial charge is 0.489 e. The van der Waals surface area contributed by atoms with Crippen LogP contribution in [0.2, 0.25) is 0 Å². The quantitative estimate of drug-likeness (QED) is 0.609. The van der Waals surface area contributed by atoms with Crippen LogP contribution in [0.15, 0.2) is 22.8 Å². The molecule has 3 rings (SSSR count). The van der Waals surface area contributed by atoms with E-state index in [0.29, 0.717) is 6.61 Å². The fourth-order valence-corrected chi connectivity index (χ4v) is 1.40. The maximum absolute atomic E-state index is 5.40. The molecule has 1 aliphatic heterocycles. The Morgan fingerprint density at radius 1 is 1.15 bits per heavy atom. The van der Waals surface area contributed by atoms with Gasteiger partial charge in [0, 0.05) is 11.6 Å². The van der Waals surface area contributed by atoms with Gasteiger partial charge < -0.3 is 4.74 Å². The highest BCUT2D eigenvalue weighted by molar-refractivity contribution is 5.80. The summed E-state index contributed by atoms with van der Waals surface area (Å²) in [5.74, 6) is 0.839. The minimum Gasteiger partial charge on any atom is -0.489 e. The number of rotatable bonds is 0. The van der Waals surface area contributed by atoms with Crippen molar-refractivity contribution in [3.63, 3.8) is 0 Å². The van der Waals surface area contributed by atoms with Crippen LogP contribution in [0.1, 0.15) is 5.56 Å². The van der Waals surface area contributed by atoms with Gasteiger partial charge in [-0.1, -0.05) is 6.08 Å². The van der Waals surface area contributed by atoms with E-state index in [2.05, 4.69) is 14.9 Å². The predicted molar refractivity (Wildman–Crippen MR) is 46.3 cm³/mol. The Balaban J connectivity index is 2.36. The molecule has 0 saturated heterocycles. The lowest BCUT2D eigenvalue weighted by molar-refractivity contribution is 0.315. The summed E-state index contributed by atoms with van der Waals surface area (Å²) in [6.45, 7) is 0.615. The van der Waals surface area contributed by atoms with E-state index in [9.17, 15) is 0 Å². The van der Waals surface area contributed by atoms with Gasteiger partial charge in [0.2, 0.25) is 0 Å². The maximum Gasteiger partial charge on any atom is 0.138 e. The number of hydrogen-bond acceptors (Lipinski definition) is 4. The molecule has 0 radical (unpaired) electrons. The van der Waals surface area contributed by atoms with E-state index in [1.54, 1.807) is 0 Å². The van der Waals surface area contributed by atoms with Crippen LogP contribution >= 0.6 is 0 Å². The molecule has 0 fully saturated rings. The molecule has 1 aromatic heterocycles. The third-order valence-corrected chi connectivity index (χ3v) is 2.02. The summed E-state index contributed by atoms with van der Waals surface area (Å²) in [4.78, 5) is 0. The summed E-state index contributed by atoms with van der Waals surface area (Å²) in [5, 5.41) is 7.49. The predicted octanol–water partition coefficient (Wildman–Crippen LogP) is 1.63. The molecule has 1 aromatic carbocycles. The molecule has 0 aliphatic carbocycles. The lowest BCUT2D eigenvalue weighted by Gasteiger charge is -2.10. The van der Waals surface area contributed by atoms with Crippen molar-refractivity contribution in [1.29, 1.82) is 0 Å². The molecule has 2 aromatic rings. The lowest BCUT2D eigenvalue weighted by atomic mass is 10.1. The summed E-state index contributed by atoms with van der Waals surface area (Å²) >= 11 is 0. The summed E-state index contributed by atoms with van der Waals surface area (Å²) in [6, 6.07) is 3.74. The summed E-state index contributed by atoms with van der Waals surface area (Å²) in [6.07, 6.45) is 3.97. The first kappa shape index (κ1) is 6.65. The molecule has 1 aliphatic rings. The SMILES string of the molecule is C1=Cc2cc3nonc3cc2OC1. The number of hydrogen-bond donors (Lipinski definition) is 0. The molecular formula is C9H6N2O2. The normalized spacial score (nSPS) is 14.2. The van der Waals surface area contributed by atoms with Gasteiger partial charge in [0.1, 0.15) is 23.4 Å². The van der Waals surface area contributed by atoms with Crippen LogP contribution in [-0.2, 0) is 0 Å². The van der Waals surface area contributed by atoms with Crippen LogP contribution in [0.25, 0.3) is 17.1 Å². The standard InChI is InChI=1S/C9H6N2O2/c1-2-6-4-7-8(11-13-10-7)5-9(6)12-3-1/h1-2,4-5H,3H2. The smallest absolute Gasteiger partial charge is 0.138 e. The zero-order valence-electron chi connectivity index (χ0n) is 6.73. The second kappa shape index (κ2) is 2.32. The highest BCUT2D eigenvalue weighted by Gasteiger charge is 2.09. The third-order valence-electron chi connectivity index (χ3n) is 2.02. The zero-order chi connectivity index (χ0) is 8.67. The van der Waals surface area contributed by atoms with Gasteiger partial charge in [-0.15, -0.1) is 0 Å². The van der Waals surface area contributed by atoms with Gasteiger partial charge in [-0.3, -0.25) is 0 Å². The van der Waals surface area contributed by atoms with Crippen LogP contribution < -0.4 is 4.74 Å². The van der Waals surface area contributed by atoms with E-state index in [0.717, 1.165) is 22.3 Å². The average Bonchev–Trinajstić information content (AvgIpc) is 2.61. The number of benzene rings is 1. The first-order chi connectivity index (χ1) is 6.43. The Bertz CT molecular complexity index is 487. The summed E-state index contributed by atoms with van der Waals surface area (Å²) in [7, 11) is 0. The van der Waals surface area contributed by atoms with Crippen LogP contribution in [0, 0.1) is 0 Å². The molecule has 0 bridgehead atoms. The Labute approximate surface area is 73.8 Å². The molecule has 4 heteroatoms. The van der Waals surface area contributed by atoms with Crippen molar-refractivity contribution in [3.8, 4) is 5.75 Å². The molecule has 0 amide bonds. The molecule has 64 valence electrons. The summed E-state index contributed by atoms with van der Waals surface area (Å²) in [5.41, 5.74) is 2.51. The Kier molecular flexibility index (Phi) is 1.19. The first-order valence-electron chi connectivity index (χ1n) is 3.99. The lowest BCUT2D eigenvalue weighted by Crippen LogP contribution is -1.99. The topological polar surface area (TPSA) is 48.2 Å². The van der Waals surface area contributed by atoms with E-state index in [4.69, 9.17) is 4.74 Å². The van der Waals surface area contributed by atoms with Crippen molar-refractivity contribution >= 4 is 17.1 Å². The van der Waals surface area contributed by atoms with Crippen LogP contribution in [0.4, 0.5) is 0 Å². The second-order valence-electron chi connectivity index (χ2n) is 2.86. The van der Waals surface area contributed by atoms with Crippen molar-refractivity contribution in [1.82, 2.24) is 10.3 Å². The molecule has 0 unspecified atom stereocenters. The van der Waals surface area contributed by atoms with Crippen LogP contribution in [-0.4, -0.2) is 16.9 Å². The van der Waals surface area contributed by atoms with Gasteiger partial charge in [0.25, 0.3) is 0 Å². The minimum atomic E-state index is 0.615. The number of ether oxygens (including phenoxy) is 1. The maximum atomic E-state index is 5.40. The Hall–Kier alpha value is -1.84. The van der Waals surface area contributed by atoms with E-state index in [1.807, 2.05) is 24.3 Å². The number of nitrogens with zero attached hydrogens (tertiary/aromatic N) is 2. The van der Waals surface area contributed by atoms with Crippen molar-refractivity contribution in [2.45, 2.75) is 0 Å². The van der Waals surface area contributed by atoms with Gasteiger partial charge in [-0.2, -0.15) is 0 Å². The van der Waals surface area contributed by atoms with Crippen molar-refractivity contribution in [3.05, 3.63) is 23.8 Å². The van der Waals surface area contributed by atoms with E-state index in [1.165, 1.54) is 0 Å². The molecule has 0 atom stereocenters. The Morgan fingerprint density at radius 2 is 2.00 bits per heavy atom. The van der Waals surface area contributed by atoms with Crippen molar-refractivity contribution < 1.29 is 9.37 Å². The average molecular weight is 174 g/mol. The summed E-state index contributed by atoms with van der Waals surface area (Å²) < 4.78 is 10.0. The van der Waals surface area contributed by atoms with Crippen molar-refractivity contribution in [2.75, 3.05) is 6.61 Å². The molecule has 0 spiro atoms. The van der Waals surface area contributed by atoms with Gasteiger partial charge in [-0.05, 0) is 22.5 Å². The van der Waals surface area contributed by atoms with Crippen LogP contribution in [0.5, 0.6) is 5.75 Å². The molecule has 2 heterocycles. The van der Waals surface area contributed by atoms with E-state index < -0.39 is 0 Å². The van der Waals surface area contributed by atoms with E-state index >= 15 is 0 Å². The molecular weight excluding hydrogens is 168 g/mol. The van der Waals surface area contributed by atoms with E-state index in [-0.39, 0.29) is 0 Å². The fraction of sp³-hybridized carbons (Fsp3) is 0.111. The number of fused-ring (bicyclic) bond motifs is 2.